The third-order valence-electron chi connectivity index (χ3n) is 4.96. The Morgan fingerprint density at radius 2 is 1.92 bits per heavy atom. The molecule has 1 saturated heterocycles. The number of halogens is 2. The van der Waals surface area contributed by atoms with Gasteiger partial charge in [0, 0.05) is 30.8 Å². The molecule has 25 heavy (non-hydrogen) atoms. The molecule has 2 heterocycles. The molecule has 4 rings (SSSR count). The van der Waals surface area contributed by atoms with Gasteiger partial charge in [0.05, 0.1) is 5.92 Å². The molecular weight excluding hydrogens is 334 g/mol. The molecule has 1 N–H and O–H groups in total. The van der Waals surface area contributed by atoms with Crippen LogP contribution in [0, 0.1) is 5.92 Å². The summed E-state index contributed by atoms with van der Waals surface area (Å²) in [5.74, 6) is -0.916. The van der Waals surface area contributed by atoms with Crippen LogP contribution < -0.4 is 14.8 Å². The lowest BCUT2D eigenvalue weighted by Crippen LogP contribution is -2.35. The second kappa shape index (κ2) is 5.86. The van der Waals surface area contributed by atoms with Gasteiger partial charge in [0.1, 0.15) is 0 Å². The molecule has 6 nitrogen and oxygen atoms in total. The first kappa shape index (κ1) is 16.1. The number of nitrogens with one attached hydrogen (secondary N) is 1. The number of amides is 2. The van der Waals surface area contributed by atoms with Crippen LogP contribution in [0.3, 0.4) is 0 Å². The molecule has 1 aromatic rings. The topological polar surface area (TPSA) is 67.9 Å². The largest absolute Gasteiger partial charge is 0.586 e. The predicted molar refractivity (Wildman–Crippen MR) is 83.4 cm³/mol. The van der Waals surface area contributed by atoms with Crippen molar-refractivity contribution in [2.45, 2.75) is 44.4 Å². The van der Waals surface area contributed by atoms with Gasteiger partial charge in [-0.25, -0.2) is 0 Å². The molecule has 8 heteroatoms. The van der Waals surface area contributed by atoms with E-state index in [1.165, 1.54) is 18.2 Å². The van der Waals surface area contributed by atoms with Crippen molar-refractivity contribution in [2.75, 3.05) is 11.9 Å². The molecule has 1 atom stereocenters. The van der Waals surface area contributed by atoms with Crippen LogP contribution in [-0.2, 0) is 9.59 Å². The Hall–Kier alpha value is -2.38. The third-order valence-corrected chi connectivity index (χ3v) is 4.96. The Labute approximate surface area is 143 Å². The summed E-state index contributed by atoms with van der Waals surface area (Å²) in [5, 5.41) is 2.67. The Kier molecular flexibility index (Phi) is 3.77. The predicted octanol–water partition coefficient (Wildman–Crippen LogP) is 2.74. The van der Waals surface area contributed by atoms with Crippen LogP contribution in [0.2, 0.25) is 0 Å². The van der Waals surface area contributed by atoms with Gasteiger partial charge < -0.3 is 19.7 Å². The maximum atomic E-state index is 13.0. The number of carbonyl (C=O) groups excluding carboxylic acids is 2. The lowest BCUT2D eigenvalue weighted by atomic mass is 10.1. The van der Waals surface area contributed by atoms with Crippen molar-refractivity contribution in [3.8, 4) is 11.5 Å². The number of anilines is 1. The average molecular weight is 352 g/mol. The normalized spacial score (nSPS) is 24.8. The molecule has 2 aliphatic heterocycles. The minimum atomic E-state index is -3.69. The van der Waals surface area contributed by atoms with Gasteiger partial charge in [-0.2, -0.15) is 0 Å². The maximum Gasteiger partial charge on any atom is 0.586 e. The summed E-state index contributed by atoms with van der Waals surface area (Å²) >= 11 is 0. The van der Waals surface area contributed by atoms with Crippen LogP contribution in [0.4, 0.5) is 14.5 Å². The average Bonchev–Trinajstić information content (AvgIpc) is 3.23. The van der Waals surface area contributed by atoms with Crippen molar-refractivity contribution in [1.29, 1.82) is 0 Å². The second-order valence-corrected chi connectivity index (χ2v) is 6.70. The van der Waals surface area contributed by atoms with Gasteiger partial charge in [-0.3, -0.25) is 9.59 Å². The van der Waals surface area contributed by atoms with Crippen LogP contribution >= 0.6 is 0 Å². The Bertz CT molecular complexity index is 719. The zero-order valence-electron chi connectivity index (χ0n) is 13.5. The van der Waals surface area contributed by atoms with Gasteiger partial charge >= 0.3 is 6.29 Å². The zero-order valence-corrected chi connectivity index (χ0v) is 13.5. The van der Waals surface area contributed by atoms with Crippen molar-refractivity contribution in [2.24, 2.45) is 5.92 Å². The van der Waals surface area contributed by atoms with Crippen LogP contribution in [0.15, 0.2) is 18.2 Å². The van der Waals surface area contributed by atoms with E-state index in [4.69, 9.17) is 0 Å². The summed E-state index contributed by atoms with van der Waals surface area (Å²) in [7, 11) is 0. The standard InChI is InChI=1S/C17H18F2N2O4/c18-17(19)24-13-6-5-11(8-14(13)25-17)20-16(23)10-7-15(22)21(9-10)12-3-1-2-4-12/h5-6,8,10,12H,1-4,7,9H2,(H,20,23)/t10-/m1/s1. The van der Waals surface area contributed by atoms with Gasteiger partial charge in [-0.05, 0) is 25.0 Å². The fourth-order valence-electron chi connectivity index (χ4n) is 3.75. The van der Waals surface area contributed by atoms with Crippen LogP contribution in [0.5, 0.6) is 11.5 Å². The van der Waals surface area contributed by atoms with E-state index in [-0.39, 0.29) is 35.8 Å². The number of benzene rings is 1. The molecule has 1 aromatic carbocycles. The molecule has 1 saturated carbocycles. The van der Waals surface area contributed by atoms with Gasteiger partial charge in [-0.1, -0.05) is 12.8 Å². The Morgan fingerprint density at radius 1 is 1.20 bits per heavy atom. The number of ether oxygens (including phenoxy) is 2. The first-order chi connectivity index (χ1) is 11.9. The highest BCUT2D eigenvalue weighted by Gasteiger charge is 2.43. The number of carbonyl (C=O) groups is 2. The van der Waals surface area contributed by atoms with Crippen LogP contribution in [0.1, 0.15) is 32.1 Å². The number of hydrogen-bond acceptors (Lipinski definition) is 4. The highest BCUT2D eigenvalue weighted by atomic mass is 19.3. The summed E-state index contributed by atoms with van der Waals surface area (Å²) in [6.45, 7) is 0.415. The second-order valence-electron chi connectivity index (χ2n) is 6.70. The molecule has 0 bridgehead atoms. The zero-order chi connectivity index (χ0) is 17.6. The van der Waals surface area contributed by atoms with Gasteiger partial charge in [0.25, 0.3) is 0 Å². The van der Waals surface area contributed by atoms with E-state index in [0.29, 0.717) is 12.2 Å². The highest BCUT2D eigenvalue weighted by Crippen LogP contribution is 2.42. The molecule has 1 aliphatic carbocycles. The van der Waals surface area contributed by atoms with E-state index in [0.717, 1.165) is 25.7 Å². The number of rotatable bonds is 3. The quantitative estimate of drug-likeness (QED) is 0.908. The molecule has 0 unspecified atom stereocenters. The third kappa shape index (κ3) is 3.12. The van der Waals surface area contributed by atoms with Crippen molar-refractivity contribution in [3.63, 3.8) is 0 Å². The number of likely N-dealkylation sites (tertiary alicyclic amines) is 1. The van der Waals surface area contributed by atoms with E-state index in [1.54, 1.807) is 0 Å². The fraction of sp³-hybridized carbons (Fsp3) is 0.529. The van der Waals surface area contributed by atoms with Gasteiger partial charge in [0.15, 0.2) is 11.5 Å². The van der Waals surface area contributed by atoms with Crippen LogP contribution in [0.25, 0.3) is 0 Å². The molecule has 3 aliphatic rings. The molecule has 2 fully saturated rings. The molecular formula is C17H18F2N2O4. The van der Waals surface area contributed by atoms with E-state index < -0.39 is 12.2 Å². The minimum Gasteiger partial charge on any atom is -0.395 e. The van der Waals surface area contributed by atoms with E-state index >= 15 is 0 Å². The lowest BCUT2D eigenvalue weighted by molar-refractivity contribution is -0.286. The number of alkyl halides is 2. The van der Waals surface area contributed by atoms with E-state index in [2.05, 4.69) is 14.8 Å². The van der Waals surface area contributed by atoms with Gasteiger partial charge in [-0.15, -0.1) is 8.78 Å². The smallest absolute Gasteiger partial charge is 0.395 e. The van der Waals surface area contributed by atoms with Crippen molar-refractivity contribution in [3.05, 3.63) is 18.2 Å². The van der Waals surface area contributed by atoms with Crippen molar-refractivity contribution < 1.29 is 27.8 Å². The molecule has 2 amide bonds. The van der Waals surface area contributed by atoms with Crippen molar-refractivity contribution >= 4 is 17.5 Å². The van der Waals surface area contributed by atoms with E-state index in [9.17, 15) is 18.4 Å². The summed E-state index contributed by atoms with van der Waals surface area (Å²) in [5.41, 5.74) is 0.330. The number of fused-ring (bicyclic) bond motifs is 1. The van der Waals surface area contributed by atoms with E-state index in [1.807, 2.05) is 4.90 Å². The minimum absolute atomic E-state index is 0.0115. The maximum absolute atomic E-state index is 13.0. The molecule has 0 aromatic heterocycles. The molecule has 0 radical (unpaired) electrons. The SMILES string of the molecule is O=C(Nc1ccc2c(c1)OC(F)(F)O2)[C@@H]1CC(=O)N(C2CCCC2)C1. The Balaban J connectivity index is 1.40. The van der Waals surface area contributed by atoms with Crippen molar-refractivity contribution in [1.82, 2.24) is 4.90 Å². The number of hydrogen-bond donors (Lipinski definition) is 1. The van der Waals surface area contributed by atoms with Crippen LogP contribution in [-0.4, -0.2) is 35.6 Å². The number of nitrogens with zero attached hydrogens (tertiary/aromatic N) is 1. The fourth-order valence-corrected chi connectivity index (χ4v) is 3.75. The lowest BCUT2D eigenvalue weighted by Gasteiger charge is -2.23. The van der Waals surface area contributed by atoms with Gasteiger partial charge in [0.2, 0.25) is 11.8 Å². The summed E-state index contributed by atoms with van der Waals surface area (Å²) in [6.07, 6.45) is 0.725. The Morgan fingerprint density at radius 3 is 2.68 bits per heavy atom. The summed E-state index contributed by atoms with van der Waals surface area (Å²) in [4.78, 5) is 26.4. The molecule has 134 valence electrons. The first-order valence-corrected chi connectivity index (χ1v) is 8.41. The highest BCUT2D eigenvalue weighted by molar-refractivity contribution is 5.97. The summed E-state index contributed by atoms with van der Waals surface area (Å²) in [6, 6.07) is 4.32. The summed E-state index contributed by atoms with van der Waals surface area (Å²) < 4.78 is 34.8. The monoisotopic (exact) mass is 352 g/mol. The first-order valence-electron chi connectivity index (χ1n) is 8.41. The molecule has 0 spiro atoms.